The Bertz CT molecular complexity index is 728. The van der Waals surface area contributed by atoms with Gasteiger partial charge in [0.2, 0.25) is 0 Å². The Balaban J connectivity index is 1.91. The molecule has 1 unspecified atom stereocenters. The van der Waals surface area contributed by atoms with Gasteiger partial charge >= 0.3 is 0 Å². The minimum atomic E-state index is 0.207. The normalized spacial score (nSPS) is 17.0. The van der Waals surface area contributed by atoms with Crippen LogP contribution in [0.2, 0.25) is 0 Å². The minimum Gasteiger partial charge on any atom is -0.368 e. The summed E-state index contributed by atoms with van der Waals surface area (Å²) in [5, 5.41) is 0. The van der Waals surface area contributed by atoms with Crippen molar-refractivity contribution in [3.8, 4) is 11.1 Å². The van der Waals surface area contributed by atoms with Crippen molar-refractivity contribution in [3.05, 3.63) is 78.3 Å². The maximum atomic E-state index is 4.58. The van der Waals surface area contributed by atoms with Crippen molar-refractivity contribution in [3.63, 3.8) is 0 Å². The molecule has 118 valence electrons. The van der Waals surface area contributed by atoms with Gasteiger partial charge in [-0.15, -0.1) is 0 Å². The summed E-state index contributed by atoms with van der Waals surface area (Å²) in [5.41, 5.74) is 4.98. The highest BCUT2D eigenvalue weighted by Crippen LogP contribution is 2.27. The Kier molecular flexibility index (Phi) is 4.61. The van der Waals surface area contributed by atoms with Gasteiger partial charge in [0.05, 0.1) is 11.7 Å². The lowest BCUT2D eigenvalue weighted by atomic mass is 9.97. The average molecular weight is 304 g/mol. The van der Waals surface area contributed by atoms with E-state index in [0.29, 0.717) is 5.92 Å². The van der Waals surface area contributed by atoms with Gasteiger partial charge in [-0.25, -0.2) is 0 Å². The molecule has 0 fully saturated rings. The molecule has 0 bridgehead atoms. The molecule has 0 amide bonds. The number of hydrogen-bond donors (Lipinski definition) is 0. The molecule has 0 spiro atoms. The monoisotopic (exact) mass is 304 g/mol. The van der Waals surface area contributed by atoms with E-state index in [9.17, 15) is 0 Å². The van der Waals surface area contributed by atoms with E-state index in [0.717, 1.165) is 12.1 Å². The smallest absolute Gasteiger partial charge is 0.0891 e. The van der Waals surface area contributed by atoms with Crippen LogP contribution in [0.15, 0.2) is 67.0 Å². The molecule has 2 nitrogen and oxygen atoms in total. The standard InChI is InChI=1S/C21H24N2/c1-16(2)13-17-7-6-8-18(14-17)19-10-11-22-20(15-19)21-9-4-5-12-23(21)3/h4-12,14-16,21H,13H2,1-3H3. The van der Waals surface area contributed by atoms with Gasteiger partial charge in [-0.1, -0.05) is 50.3 Å². The molecule has 1 aromatic carbocycles. The van der Waals surface area contributed by atoms with E-state index < -0.39 is 0 Å². The van der Waals surface area contributed by atoms with Crippen LogP contribution in [0, 0.1) is 5.92 Å². The number of likely N-dealkylation sites (N-methyl/N-ethyl adjacent to an activating group) is 1. The quantitative estimate of drug-likeness (QED) is 0.790. The zero-order chi connectivity index (χ0) is 16.2. The third-order valence-corrected chi connectivity index (χ3v) is 4.15. The van der Waals surface area contributed by atoms with E-state index in [4.69, 9.17) is 0 Å². The van der Waals surface area contributed by atoms with E-state index in [1.54, 1.807) is 0 Å². The molecule has 2 aromatic rings. The van der Waals surface area contributed by atoms with E-state index in [-0.39, 0.29) is 6.04 Å². The van der Waals surface area contributed by atoms with Crippen molar-refractivity contribution in [2.75, 3.05) is 7.05 Å². The SMILES string of the molecule is CC(C)Cc1cccc(-c2ccnc(C3C=CC=CN3C)c2)c1. The van der Waals surface area contributed by atoms with Crippen LogP contribution in [0.1, 0.15) is 31.1 Å². The zero-order valence-corrected chi connectivity index (χ0v) is 14.1. The molecule has 1 aliphatic heterocycles. The molecule has 0 saturated carbocycles. The van der Waals surface area contributed by atoms with Gasteiger partial charge in [0.25, 0.3) is 0 Å². The number of allylic oxidation sites excluding steroid dienone is 2. The van der Waals surface area contributed by atoms with Gasteiger partial charge in [-0.05, 0) is 53.4 Å². The highest BCUT2D eigenvalue weighted by atomic mass is 15.1. The predicted octanol–water partition coefficient (Wildman–Crippen LogP) is 5.00. The van der Waals surface area contributed by atoms with E-state index in [1.807, 2.05) is 6.20 Å². The first kappa shape index (κ1) is 15.5. The predicted molar refractivity (Wildman–Crippen MR) is 97.0 cm³/mol. The lowest BCUT2D eigenvalue weighted by Crippen LogP contribution is -2.19. The fourth-order valence-electron chi connectivity index (χ4n) is 3.03. The van der Waals surface area contributed by atoms with Crippen molar-refractivity contribution >= 4 is 0 Å². The Labute approximate surface area is 139 Å². The van der Waals surface area contributed by atoms with Crippen LogP contribution in [-0.4, -0.2) is 16.9 Å². The molecular formula is C21H24N2. The van der Waals surface area contributed by atoms with Gasteiger partial charge in [0.15, 0.2) is 0 Å². The number of benzene rings is 1. The fraction of sp³-hybridized carbons (Fsp3) is 0.286. The van der Waals surface area contributed by atoms with E-state index in [1.165, 1.54) is 16.7 Å². The minimum absolute atomic E-state index is 0.207. The summed E-state index contributed by atoms with van der Waals surface area (Å²) < 4.78 is 0. The van der Waals surface area contributed by atoms with Crippen LogP contribution >= 0.6 is 0 Å². The molecule has 1 aliphatic rings. The maximum Gasteiger partial charge on any atom is 0.0891 e. The second-order valence-corrected chi connectivity index (χ2v) is 6.60. The Hall–Kier alpha value is -2.35. The molecular weight excluding hydrogens is 280 g/mol. The van der Waals surface area contributed by atoms with Gasteiger partial charge in [-0.2, -0.15) is 0 Å². The molecule has 0 radical (unpaired) electrons. The maximum absolute atomic E-state index is 4.58. The molecule has 0 aliphatic carbocycles. The molecule has 1 atom stereocenters. The highest BCUT2D eigenvalue weighted by Gasteiger charge is 2.15. The van der Waals surface area contributed by atoms with Crippen LogP contribution in [0.4, 0.5) is 0 Å². The summed E-state index contributed by atoms with van der Waals surface area (Å²) >= 11 is 0. The van der Waals surface area contributed by atoms with Gasteiger partial charge < -0.3 is 4.90 Å². The second kappa shape index (κ2) is 6.82. The van der Waals surface area contributed by atoms with Crippen LogP contribution in [-0.2, 0) is 6.42 Å². The number of hydrogen-bond acceptors (Lipinski definition) is 2. The number of nitrogens with zero attached hydrogens (tertiary/aromatic N) is 2. The van der Waals surface area contributed by atoms with Gasteiger partial charge in [-0.3, -0.25) is 4.98 Å². The average Bonchev–Trinajstić information content (AvgIpc) is 2.55. The summed E-state index contributed by atoms with van der Waals surface area (Å²) in [6, 6.07) is 13.4. The van der Waals surface area contributed by atoms with Crippen molar-refractivity contribution in [1.82, 2.24) is 9.88 Å². The summed E-state index contributed by atoms with van der Waals surface area (Å²) in [6.45, 7) is 4.52. The molecule has 1 aromatic heterocycles. The molecule has 2 heteroatoms. The lowest BCUT2D eigenvalue weighted by molar-refractivity contribution is 0.383. The van der Waals surface area contributed by atoms with Gasteiger partial charge in [0, 0.05) is 13.2 Å². The van der Waals surface area contributed by atoms with Crippen LogP contribution in [0.25, 0.3) is 11.1 Å². The molecule has 23 heavy (non-hydrogen) atoms. The van der Waals surface area contributed by atoms with Crippen LogP contribution in [0.3, 0.4) is 0 Å². The topological polar surface area (TPSA) is 16.1 Å². The largest absolute Gasteiger partial charge is 0.368 e. The zero-order valence-electron chi connectivity index (χ0n) is 14.1. The Morgan fingerprint density at radius 3 is 2.70 bits per heavy atom. The number of rotatable bonds is 4. The first-order chi connectivity index (χ1) is 11.1. The summed E-state index contributed by atoms with van der Waals surface area (Å²) in [5.74, 6) is 0.672. The number of aromatic nitrogens is 1. The van der Waals surface area contributed by atoms with Crippen LogP contribution < -0.4 is 0 Å². The Morgan fingerprint density at radius 2 is 1.91 bits per heavy atom. The summed E-state index contributed by atoms with van der Waals surface area (Å²) in [4.78, 5) is 6.76. The first-order valence-corrected chi connectivity index (χ1v) is 8.25. The van der Waals surface area contributed by atoms with Crippen molar-refractivity contribution in [1.29, 1.82) is 0 Å². The van der Waals surface area contributed by atoms with Crippen molar-refractivity contribution in [2.45, 2.75) is 26.3 Å². The van der Waals surface area contributed by atoms with Gasteiger partial charge in [0.1, 0.15) is 0 Å². The summed E-state index contributed by atoms with van der Waals surface area (Å²) in [6.07, 6.45) is 11.4. The van der Waals surface area contributed by atoms with E-state index >= 15 is 0 Å². The highest BCUT2D eigenvalue weighted by molar-refractivity contribution is 5.64. The first-order valence-electron chi connectivity index (χ1n) is 8.25. The summed E-state index contributed by atoms with van der Waals surface area (Å²) in [7, 11) is 2.09. The lowest BCUT2D eigenvalue weighted by Gasteiger charge is -2.26. The molecule has 0 saturated heterocycles. The second-order valence-electron chi connectivity index (χ2n) is 6.60. The van der Waals surface area contributed by atoms with Crippen molar-refractivity contribution < 1.29 is 0 Å². The molecule has 3 rings (SSSR count). The number of pyridine rings is 1. The Morgan fingerprint density at radius 1 is 1.09 bits per heavy atom. The fourth-order valence-corrected chi connectivity index (χ4v) is 3.03. The van der Waals surface area contributed by atoms with Crippen LogP contribution in [0.5, 0.6) is 0 Å². The molecule has 2 heterocycles. The molecule has 0 N–H and O–H groups in total. The third kappa shape index (κ3) is 3.70. The van der Waals surface area contributed by atoms with E-state index in [2.05, 4.69) is 91.6 Å². The van der Waals surface area contributed by atoms with Crippen molar-refractivity contribution in [2.24, 2.45) is 5.92 Å². The third-order valence-electron chi connectivity index (χ3n) is 4.15.